The van der Waals surface area contributed by atoms with Gasteiger partial charge in [0.2, 0.25) is 0 Å². The number of rotatable bonds is 3. The molecule has 1 N–H and O–H groups in total. The molecule has 60 valence electrons. The SMILES string of the molecule is Oc1ccc(CCCI)cc1. The molecule has 0 bridgehead atoms. The van der Waals surface area contributed by atoms with Crippen LogP contribution in [0.25, 0.3) is 0 Å². The lowest BCUT2D eigenvalue weighted by molar-refractivity contribution is 0.475. The summed E-state index contributed by atoms with van der Waals surface area (Å²) in [6.07, 6.45) is 2.33. The molecule has 11 heavy (non-hydrogen) atoms. The van der Waals surface area contributed by atoms with E-state index in [2.05, 4.69) is 22.6 Å². The number of phenolic OH excluding ortho intramolecular Hbond substituents is 1. The van der Waals surface area contributed by atoms with Crippen LogP contribution in [0.1, 0.15) is 12.0 Å². The molecule has 0 amide bonds. The van der Waals surface area contributed by atoms with E-state index in [1.165, 1.54) is 16.4 Å². The summed E-state index contributed by atoms with van der Waals surface area (Å²) in [5.41, 5.74) is 1.31. The number of halogens is 1. The quantitative estimate of drug-likeness (QED) is 0.656. The third-order valence-electron chi connectivity index (χ3n) is 1.54. The Morgan fingerprint density at radius 2 is 1.82 bits per heavy atom. The number of hydrogen-bond donors (Lipinski definition) is 1. The Morgan fingerprint density at radius 3 is 2.36 bits per heavy atom. The molecule has 0 fully saturated rings. The lowest BCUT2D eigenvalue weighted by Crippen LogP contribution is -1.84. The van der Waals surface area contributed by atoms with Crippen LogP contribution in [0.2, 0.25) is 0 Å². The fourth-order valence-corrected chi connectivity index (χ4v) is 1.31. The zero-order valence-corrected chi connectivity index (χ0v) is 8.41. The van der Waals surface area contributed by atoms with E-state index < -0.39 is 0 Å². The van der Waals surface area contributed by atoms with Crippen LogP contribution in [0.4, 0.5) is 0 Å². The van der Waals surface area contributed by atoms with Crippen molar-refractivity contribution in [3.8, 4) is 5.75 Å². The Morgan fingerprint density at radius 1 is 1.18 bits per heavy atom. The van der Waals surface area contributed by atoms with Gasteiger partial charge >= 0.3 is 0 Å². The van der Waals surface area contributed by atoms with E-state index in [9.17, 15) is 0 Å². The highest BCUT2D eigenvalue weighted by Crippen LogP contribution is 2.11. The van der Waals surface area contributed by atoms with Gasteiger partial charge in [-0.05, 0) is 35.0 Å². The third kappa shape index (κ3) is 3.10. The van der Waals surface area contributed by atoms with Gasteiger partial charge in [0.25, 0.3) is 0 Å². The molecular weight excluding hydrogens is 251 g/mol. The maximum Gasteiger partial charge on any atom is 0.115 e. The first-order chi connectivity index (χ1) is 5.33. The van der Waals surface area contributed by atoms with Gasteiger partial charge in [0.1, 0.15) is 5.75 Å². The van der Waals surface area contributed by atoms with Crippen LogP contribution in [0, 0.1) is 0 Å². The molecule has 0 aromatic heterocycles. The minimum Gasteiger partial charge on any atom is -0.508 e. The number of hydrogen-bond acceptors (Lipinski definition) is 1. The molecule has 0 aliphatic carbocycles. The lowest BCUT2D eigenvalue weighted by Gasteiger charge is -1.98. The predicted octanol–water partition coefficient (Wildman–Crippen LogP) is 2.76. The van der Waals surface area contributed by atoms with E-state index in [0.29, 0.717) is 5.75 Å². The van der Waals surface area contributed by atoms with Crippen LogP contribution in [0.15, 0.2) is 24.3 Å². The zero-order chi connectivity index (χ0) is 8.10. The topological polar surface area (TPSA) is 20.2 Å². The van der Waals surface area contributed by atoms with Crippen LogP contribution in [0.5, 0.6) is 5.75 Å². The summed E-state index contributed by atoms with van der Waals surface area (Å²) in [6.45, 7) is 0. The number of alkyl halides is 1. The van der Waals surface area contributed by atoms with Crippen LogP contribution < -0.4 is 0 Å². The standard InChI is InChI=1S/C9H11IO/c10-7-1-2-8-3-5-9(11)6-4-8/h3-6,11H,1-2,7H2. The average Bonchev–Trinajstić information content (AvgIpc) is 2.04. The maximum absolute atomic E-state index is 8.98. The Hall–Kier alpha value is -0.250. The maximum atomic E-state index is 8.98. The average molecular weight is 262 g/mol. The minimum absolute atomic E-state index is 0.350. The Bertz CT molecular complexity index is 205. The van der Waals surface area contributed by atoms with Crippen LogP contribution in [-0.4, -0.2) is 9.53 Å². The second kappa shape index (κ2) is 4.59. The van der Waals surface area contributed by atoms with Gasteiger partial charge in [-0.2, -0.15) is 0 Å². The summed E-state index contributed by atoms with van der Waals surface area (Å²) in [5, 5.41) is 8.98. The fourth-order valence-electron chi connectivity index (χ4n) is 0.934. The van der Waals surface area contributed by atoms with Crippen molar-refractivity contribution in [3.63, 3.8) is 0 Å². The Labute approximate surface area is 80.6 Å². The van der Waals surface area contributed by atoms with Crippen molar-refractivity contribution in [1.29, 1.82) is 0 Å². The summed E-state index contributed by atoms with van der Waals surface area (Å²) < 4.78 is 1.19. The first-order valence-electron chi connectivity index (χ1n) is 3.67. The zero-order valence-electron chi connectivity index (χ0n) is 6.26. The highest BCUT2D eigenvalue weighted by Gasteiger charge is 1.91. The summed E-state index contributed by atoms with van der Waals surface area (Å²) in [5.74, 6) is 0.350. The van der Waals surface area contributed by atoms with Crippen molar-refractivity contribution < 1.29 is 5.11 Å². The van der Waals surface area contributed by atoms with E-state index in [1.807, 2.05) is 12.1 Å². The van der Waals surface area contributed by atoms with E-state index in [4.69, 9.17) is 5.11 Å². The lowest BCUT2D eigenvalue weighted by atomic mass is 10.1. The van der Waals surface area contributed by atoms with Crippen molar-refractivity contribution in [2.24, 2.45) is 0 Å². The third-order valence-corrected chi connectivity index (χ3v) is 2.30. The van der Waals surface area contributed by atoms with Gasteiger partial charge in [-0.3, -0.25) is 0 Å². The molecule has 0 atom stereocenters. The number of phenols is 1. The first kappa shape index (κ1) is 8.84. The molecule has 0 saturated heterocycles. The van der Waals surface area contributed by atoms with E-state index in [-0.39, 0.29) is 0 Å². The molecule has 0 saturated carbocycles. The normalized spacial score (nSPS) is 9.91. The number of benzene rings is 1. The number of aromatic hydroxyl groups is 1. The first-order valence-corrected chi connectivity index (χ1v) is 5.19. The van der Waals surface area contributed by atoms with Gasteiger partial charge in [-0.15, -0.1) is 0 Å². The van der Waals surface area contributed by atoms with Crippen molar-refractivity contribution in [1.82, 2.24) is 0 Å². The Balaban J connectivity index is 2.52. The second-order valence-electron chi connectivity index (χ2n) is 2.46. The monoisotopic (exact) mass is 262 g/mol. The highest BCUT2D eigenvalue weighted by molar-refractivity contribution is 14.1. The van der Waals surface area contributed by atoms with Crippen LogP contribution >= 0.6 is 22.6 Å². The second-order valence-corrected chi connectivity index (χ2v) is 3.54. The molecule has 0 aliphatic rings. The van der Waals surface area contributed by atoms with Gasteiger partial charge in [0, 0.05) is 0 Å². The molecule has 2 heteroatoms. The van der Waals surface area contributed by atoms with Gasteiger partial charge in [-0.25, -0.2) is 0 Å². The predicted molar refractivity (Wildman–Crippen MR) is 55.3 cm³/mol. The van der Waals surface area contributed by atoms with Gasteiger partial charge in [-0.1, -0.05) is 34.7 Å². The molecule has 0 radical (unpaired) electrons. The van der Waals surface area contributed by atoms with Gasteiger partial charge in [0.05, 0.1) is 0 Å². The summed E-state index contributed by atoms with van der Waals surface area (Å²) in [6, 6.07) is 7.42. The van der Waals surface area contributed by atoms with E-state index in [1.54, 1.807) is 12.1 Å². The van der Waals surface area contributed by atoms with E-state index in [0.717, 1.165) is 6.42 Å². The molecule has 1 nitrogen and oxygen atoms in total. The van der Waals surface area contributed by atoms with Crippen molar-refractivity contribution in [3.05, 3.63) is 29.8 Å². The van der Waals surface area contributed by atoms with Crippen molar-refractivity contribution in [2.75, 3.05) is 4.43 Å². The molecule has 0 unspecified atom stereocenters. The molecule has 0 heterocycles. The molecular formula is C9H11IO. The molecule has 0 aliphatic heterocycles. The summed E-state index contributed by atoms with van der Waals surface area (Å²) in [7, 11) is 0. The van der Waals surface area contributed by atoms with Gasteiger partial charge < -0.3 is 5.11 Å². The smallest absolute Gasteiger partial charge is 0.115 e. The molecule has 1 rings (SSSR count). The molecule has 0 spiro atoms. The van der Waals surface area contributed by atoms with E-state index >= 15 is 0 Å². The van der Waals surface area contributed by atoms with Gasteiger partial charge in [0.15, 0.2) is 0 Å². The van der Waals surface area contributed by atoms with Crippen LogP contribution in [0.3, 0.4) is 0 Å². The minimum atomic E-state index is 0.350. The van der Waals surface area contributed by atoms with Crippen molar-refractivity contribution >= 4 is 22.6 Å². The Kier molecular flexibility index (Phi) is 3.69. The fraction of sp³-hybridized carbons (Fsp3) is 0.333. The van der Waals surface area contributed by atoms with Crippen molar-refractivity contribution in [2.45, 2.75) is 12.8 Å². The number of aryl methyl sites for hydroxylation is 1. The summed E-state index contributed by atoms with van der Waals surface area (Å²) >= 11 is 2.37. The van der Waals surface area contributed by atoms with Crippen LogP contribution in [-0.2, 0) is 6.42 Å². The molecule has 1 aromatic carbocycles. The highest BCUT2D eigenvalue weighted by atomic mass is 127. The summed E-state index contributed by atoms with van der Waals surface area (Å²) in [4.78, 5) is 0. The molecule has 1 aromatic rings. The largest absolute Gasteiger partial charge is 0.508 e.